The fourth-order valence-electron chi connectivity index (χ4n) is 2.67. The average molecular weight is 465 g/mol. The molecule has 0 unspecified atom stereocenters. The highest BCUT2D eigenvalue weighted by molar-refractivity contribution is 5.93. The third-order valence-electron chi connectivity index (χ3n) is 4.17. The molecule has 33 heavy (non-hydrogen) atoms. The van der Waals surface area contributed by atoms with Gasteiger partial charge in [-0.05, 0) is 39.8 Å². The lowest BCUT2D eigenvalue weighted by Crippen LogP contribution is -2.34. The molecule has 0 spiro atoms. The topological polar surface area (TPSA) is 102 Å². The molecule has 0 fully saturated rings. The van der Waals surface area contributed by atoms with Gasteiger partial charge in [0.2, 0.25) is 0 Å². The second-order valence-corrected chi connectivity index (χ2v) is 7.98. The number of H-pyrrole nitrogens is 1. The lowest BCUT2D eigenvalue weighted by Gasteiger charge is -2.20. The Bertz CT molecular complexity index is 983. The molecule has 2 rings (SSSR count). The number of carbonyl (C=O) groups is 2. The van der Waals surface area contributed by atoms with Crippen LogP contribution in [0, 0.1) is 5.82 Å². The first-order chi connectivity index (χ1) is 15.6. The van der Waals surface area contributed by atoms with Gasteiger partial charge in [-0.15, -0.1) is 0 Å². The monoisotopic (exact) mass is 465 g/mol. The number of amides is 1. The van der Waals surface area contributed by atoms with Crippen molar-refractivity contribution in [3.8, 4) is 5.75 Å². The van der Waals surface area contributed by atoms with Crippen LogP contribution in [0.5, 0.6) is 5.75 Å². The van der Waals surface area contributed by atoms with Crippen LogP contribution in [0.1, 0.15) is 43.7 Å². The summed E-state index contributed by atoms with van der Waals surface area (Å²) in [6.45, 7) is 6.70. The smallest absolute Gasteiger partial charge is 0.407 e. The SMILES string of the molecule is CCOC(=O)c1[nH]ccc1NCc1cccc(OC/C(=C/F)CNC(=O)OC(C)(C)C)c1F. The number of alkyl carbamates (subject to hydrolysis) is 1. The van der Waals surface area contributed by atoms with Crippen LogP contribution in [0.15, 0.2) is 42.4 Å². The third-order valence-corrected chi connectivity index (χ3v) is 4.17. The van der Waals surface area contributed by atoms with Crippen molar-refractivity contribution in [2.45, 2.75) is 39.8 Å². The summed E-state index contributed by atoms with van der Waals surface area (Å²) in [5, 5.41) is 5.40. The summed E-state index contributed by atoms with van der Waals surface area (Å²) in [5.74, 6) is -1.23. The second kappa shape index (κ2) is 11.9. The van der Waals surface area contributed by atoms with Gasteiger partial charge in [-0.3, -0.25) is 0 Å². The molecule has 0 aliphatic carbocycles. The summed E-state index contributed by atoms with van der Waals surface area (Å²) < 4.78 is 43.5. The zero-order valence-corrected chi connectivity index (χ0v) is 19.1. The predicted molar refractivity (Wildman–Crippen MR) is 119 cm³/mol. The zero-order chi connectivity index (χ0) is 24.4. The lowest BCUT2D eigenvalue weighted by molar-refractivity contribution is 0.0514. The number of aromatic nitrogens is 1. The van der Waals surface area contributed by atoms with Crippen LogP contribution >= 0.6 is 0 Å². The molecule has 0 aliphatic heterocycles. The number of anilines is 1. The van der Waals surface area contributed by atoms with Crippen molar-refractivity contribution in [2.75, 3.05) is 25.1 Å². The van der Waals surface area contributed by atoms with Crippen molar-refractivity contribution < 1.29 is 32.6 Å². The minimum atomic E-state index is -0.701. The van der Waals surface area contributed by atoms with Gasteiger partial charge in [0.15, 0.2) is 11.6 Å². The number of ether oxygens (including phenoxy) is 3. The van der Waals surface area contributed by atoms with Gasteiger partial charge in [0.1, 0.15) is 17.9 Å². The van der Waals surface area contributed by atoms with Gasteiger partial charge < -0.3 is 29.8 Å². The van der Waals surface area contributed by atoms with Gasteiger partial charge in [-0.1, -0.05) is 12.1 Å². The van der Waals surface area contributed by atoms with Gasteiger partial charge in [0, 0.05) is 30.4 Å². The number of benzene rings is 1. The molecule has 1 aromatic heterocycles. The number of rotatable bonds is 10. The molecular weight excluding hydrogens is 436 g/mol. The van der Waals surface area contributed by atoms with Gasteiger partial charge >= 0.3 is 12.1 Å². The molecule has 3 N–H and O–H groups in total. The number of esters is 1. The quantitative estimate of drug-likeness (QED) is 0.440. The largest absolute Gasteiger partial charge is 0.486 e. The number of nitrogens with one attached hydrogen (secondary N) is 3. The number of carbonyl (C=O) groups excluding carboxylic acids is 2. The number of hydrogen-bond donors (Lipinski definition) is 3. The minimum absolute atomic E-state index is 0.0687. The maximum atomic E-state index is 14.9. The van der Waals surface area contributed by atoms with E-state index in [1.54, 1.807) is 52.1 Å². The standard InChI is InChI=1S/C23H29F2N3O5/c1-5-31-21(29)20-17(9-10-26-20)27-13-16-7-6-8-18(19(16)25)32-14-15(11-24)12-28-22(30)33-23(2,3)4/h6-11,26-27H,5,12-14H2,1-4H3,(H,28,30)/b15-11+. The fourth-order valence-corrected chi connectivity index (χ4v) is 2.67. The van der Waals surface area contributed by atoms with Crippen LogP contribution in [0.2, 0.25) is 0 Å². The molecule has 0 bridgehead atoms. The first-order valence-corrected chi connectivity index (χ1v) is 10.4. The Morgan fingerprint density at radius 3 is 2.64 bits per heavy atom. The molecule has 0 atom stereocenters. The summed E-state index contributed by atoms with van der Waals surface area (Å²) in [6, 6.07) is 6.20. The molecule has 8 nitrogen and oxygen atoms in total. The van der Waals surface area contributed by atoms with Crippen LogP contribution in [-0.4, -0.2) is 42.4 Å². The van der Waals surface area contributed by atoms with Crippen molar-refractivity contribution >= 4 is 17.7 Å². The van der Waals surface area contributed by atoms with E-state index in [2.05, 4.69) is 15.6 Å². The van der Waals surface area contributed by atoms with E-state index in [0.717, 1.165) is 0 Å². The van der Waals surface area contributed by atoms with E-state index in [-0.39, 0.29) is 48.9 Å². The highest BCUT2D eigenvalue weighted by atomic mass is 19.1. The Morgan fingerprint density at radius 1 is 1.21 bits per heavy atom. The molecular formula is C23H29F2N3O5. The van der Waals surface area contributed by atoms with E-state index in [4.69, 9.17) is 14.2 Å². The van der Waals surface area contributed by atoms with Crippen LogP contribution < -0.4 is 15.4 Å². The Balaban J connectivity index is 1.95. The van der Waals surface area contributed by atoms with E-state index in [1.807, 2.05) is 0 Å². The molecule has 10 heteroatoms. The van der Waals surface area contributed by atoms with Crippen molar-refractivity contribution in [1.82, 2.24) is 10.3 Å². The summed E-state index contributed by atoms with van der Waals surface area (Å²) in [6.07, 6.45) is 1.16. The molecule has 1 heterocycles. The van der Waals surface area contributed by atoms with Gasteiger partial charge in [0.05, 0.1) is 18.6 Å². The van der Waals surface area contributed by atoms with Gasteiger partial charge in [-0.25, -0.2) is 18.4 Å². The fraction of sp³-hybridized carbons (Fsp3) is 0.391. The van der Waals surface area contributed by atoms with Crippen LogP contribution in [-0.2, 0) is 16.0 Å². The Labute approximate surface area is 191 Å². The number of aromatic amines is 1. The molecule has 0 saturated heterocycles. The molecule has 0 aliphatic rings. The summed E-state index contributed by atoms with van der Waals surface area (Å²) in [7, 11) is 0. The van der Waals surface area contributed by atoms with Crippen molar-refractivity contribution in [3.05, 3.63) is 59.4 Å². The maximum Gasteiger partial charge on any atom is 0.407 e. The highest BCUT2D eigenvalue weighted by Gasteiger charge is 2.17. The third kappa shape index (κ3) is 8.13. The summed E-state index contributed by atoms with van der Waals surface area (Å²) >= 11 is 0. The van der Waals surface area contributed by atoms with Crippen molar-refractivity contribution in [1.29, 1.82) is 0 Å². The highest BCUT2D eigenvalue weighted by Crippen LogP contribution is 2.23. The first kappa shape index (κ1) is 25.7. The van der Waals surface area contributed by atoms with Crippen LogP contribution in [0.4, 0.5) is 19.3 Å². The van der Waals surface area contributed by atoms with E-state index in [0.29, 0.717) is 12.0 Å². The van der Waals surface area contributed by atoms with E-state index < -0.39 is 23.5 Å². The molecule has 0 saturated carbocycles. The van der Waals surface area contributed by atoms with E-state index in [1.165, 1.54) is 6.07 Å². The van der Waals surface area contributed by atoms with Gasteiger partial charge in [-0.2, -0.15) is 0 Å². The van der Waals surface area contributed by atoms with Crippen LogP contribution in [0.3, 0.4) is 0 Å². The predicted octanol–water partition coefficient (Wildman–Crippen LogP) is 4.70. The number of hydrogen-bond acceptors (Lipinski definition) is 6. The normalized spacial score (nSPS) is 11.6. The molecule has 180 valence electrons. The zero-order valence-electron chi connectivity index (χ0n) is 19.1. The Morgan fingerprint density at radius 2 is 1.97 bits per heavy atom. The molecule has 0 radical (unpaired) electrons. The Kier molecular flexibility index (Phi) is 9.26. The molecule has 2 aromatic rings. The molecule has 1 amide bonds. The Hall–Kier alpha value is -3.56. The van der Waals surface area contributed by atoms with E-state index in [9.17, 15) is 18.4 Å². The lowest BCUT2D eigenvalue weighted by atomic mass is 10.2. The van der Waals surface area contributed by atoms with E-state index >= 15 is 0 Å². The summed E-state index contributed by atoms with van der Waals surface area (Å²) in [5.41, 5.74) is 0.390. The minimum Gasteiger partial charge on any atom is -0.486 e. The summed E-state index contributed by atoms with van der Waals surface area (Å²) in [4.78, 5) is 26.4. The van der Waals surface area contributed by atoms with Gasteiger partial charge in [0.25, 0.3) is 0 Å². The van der Waals surface area contributed by atoms with Crippen molar-refractivity contribution in [2.24, 2.45) is 0 Å². The second-order valence-electron chi connectivity index (χ2n) is 7.98. The number of halogens is 2. The average Bonchev–Trinajstić information content (AvgIpc) is 3.21. The molecule has 1 aromatic carbocycles. The van der Waals surface area contributed by atoms with Crippen LogP contribution in [0.25, 0.3) is 0 Å². The van der Waals surface area contributed by atoms with Crippen molar-refractivity contribution in [3.63, 3.8) is 0 Å². The maximum absolute atomic E-state index is 14.9. The first-order valence-electron chi connectivity index (χ1n) is 10.4.